The molecule has 1 heterocycles. The van der Waals surface area contributed by atoms with Crippen LogP contribution in [0.15, 0.2) is 16.6 Å². The van der Waals surface area contributed by atoms with Gasteiger partial charge in [0.2, 0.25) is 0 Å². The van der Waals surface area contributed by atoms with Gasteiger partial charge < -0.3 is 9.84 Å². The van der Waals surface area contributed by atoms with Crippen LogP contribution in [-0.2, 0) is 12.8 Å². The fourth-order valence-corrected chi connectivity index (χ4v) is 3.57. The molecule has 1 fully saturated rings. The normalized spacial score (nSPS) is 21.3. The van der Waals surface area contributed by atoms with E-state index in [1.807, 2.05) is 0 Å². The largest absolute Gasteiger partial charge is 0.493 e. The second-order valence-electron chi connectivity index (χ2n) is 5.91. The summed E-state index contributed by atoms with van der Waals surface area (Å²) >= 11 is 3.58. The van der Waals surface area contributed by atoms with Crippen molar-refractivity contribution in [1.29, 1.82) is 0 Å². The van der Waals surface area contributed by atoms with Crippen molar-refractivity contribution < 1.29 is 9.84 Å². The summed E-state index contributed by atoms with van der Waals surface area (Å²) in [5.74, 6) is 1.75. The third-order valence-corrected chi connectivity index (χ3v) is 4.80. The van der Waals surface area contributed by atoms with Crippen molar-refractivity contribution in [2.24, 2.45) is 11.3 Å². The van der Waals surface area contributed by atoms with E-state index >= 15 is 0 Å². The van der Waals surface area contributed by atoms with Gasteiger partial charge in [0, 0.05) is 17.5 Å². The number of fused-ring (bicyclic) bond motifs is 1. The van der Waals surface area contributed by atoms with Gasteiger partial charge >= 0.3 is 0 Å². The van der Waals surface area contributed by atoms with E-state index in [1.54, 1.807) is 0 Å². The average Bonchev–Trinajstić information content (AvgIpc) is 3.09. The molecule has 0 saturated heterocycles. The summed E-state index contributed by atoms with van der Waals surface area (Å²) in [5.41, 5.74) is 2.57. The van der Waals surface area contributed by atoms with Gasteiger partial charge in [-0.1, -0.05) is 22.9 Å². The lowest BCUT2D eigenvalue weighted by Crippen LogP contribution is -2.27. The van der Waals surface area contributed by atoms with Gasteiger partial charge in [-0.15, -0.1) is 0 Å². The van der Waals surface area contributed by atoms with E-state index < -0.39 is 0 Å². The lowest BCUT2D eigenvalue weighted by Gasteiger charge is -2.28. The van der Waals surface area contributed by atoms with Crippen LogP contribution in [0, 0.1) is 11.3 Å². The van der Waals surface area contributed by atoms with Crippen molar-refractivity contribution in [3.63, 3.8) is 0 Å². The fourth-order valence-electron chi connectivity index (χ4n) is 3.02. The molecule has 1 aromatic rings. The van der Waals surface area contributed by atoms with Crippen LogP contribution >= 0.6 is 15.9 Å². The second kappa shape index (κ2) is 4.53. The van der Waals surface area contributed by atoms with Crippen molar-refractivity contribution in [2.75, 3.05) is 13.2 Å². The highest BCUT2D eigenvalue weighted by atomic mass is 79.9. The molecule has 98 valence electrons. The third-order valence-electron chi connectivity index (χ3n) is 4.34. The number of rotatable bonds is 4. The fraction of sp³-hybridized carbons (Fsp3) is 0.600. The molecular formula is C15H19BrO2. The highest BCUT2D eigenvalue weighted by molar-refractivity contribution is 9.10. The number of aliphatic hydroxyl groups is 1. The molecule has 1 aromatic carbocycles. The van der Waals surface area contributed by atoms with Gasteiger partial charge in [-0.2, -0.15) is 0 Å². The van der Waals surface area contributed by atoms with Gasteiger partial charge in [-0.25, -0.2) is 0 Å². The highest BCUT2D eigenvalue weighted by Gasteiger charge is 2.41. The Morgan fingerprint density at radius 2 is 2.22 bits per heavy atom. The van der Waals surface area contributed by atoms with Crippen molar-refractivity contribution in [3.05, 3.63) is 27.7 Å². The maximum Gasteiger partial charge on any atom is 0.125 e. The maximum absolute atomic E-state index is 9.72. The van der Waals surface area contributed by atoms with Crippen molar-refractivity contribution in [1.82, 2.24) is 0 Å². The Bertz CT molecular complexity index is 468. The van der Waals surface area contributed by atoms with Crippen molar-refractivity contribution in [3.8, 4) is 5.75 Å². The molecule has 0 bridgehead atoms. The molecule has 1 aliphatic heterocycles. The van der Waals surface area contributed by atoms with E-state index in [9.17, 15) is 5.11 Å². The monoisotopic (exact) mass is 310 g/mol. The number of aliphatic hydroxyl groups excluding tert-OH is 1. The van der Waals surface area contributed by atoms with Gasteiger partial charge in [0.1, 0.15) is 5.75 Å². The Balaban J connectivity index is 1.92. The molecule has 0 spiro atoms. The Kier molecular flexibility index (Phi) is 3.15. The summed E-state index contributed by atoms with van der Waals surface area (Å²) < 4.78 is 6.90. The molecule has 3 rings (SSSR count). The summed E-state index contributed by atoms with van der Waals surface area (Å²) in [6, 6.07) is 4.31. The van der Waals surface area contributed by atoms with Crippen LogP contribution in [0.5, 0.6) is 5.75 Å². The average molecular weight is 311 g/mol. The summed E-state index contributed by atoms with van der Waals surface area (Å²) in [7, 11) is 0. The predicted molar refractivity (Wildman–Crippen MR) is 75.0 cm³/mol. The molecule has 1 aliphatic carbocycles. The van der Waals surface area contributed by atoms with Crippen LogP contribution < -0.4 is 4.74 Å². The Morgan fingerprint density at radius 3 is 2.89 bits per heavy atom. The van der Waals surface area contributed by atoms with Gasteiger partial charge in [-0.05, 0) is 53.9 Å². The van der Waals surface area contributed by atoms with E-state index in [0.717, 1.165) is 29.7 Å². The number of ether oxygens (including phenoxy) is 1. The molecule has 0 radical (unpaired) electrons. The lowest BCUT2D eigenvalue weighted by molar-refractivity contribution is 0.119. The molecule has 2 nitrogen and oxygen atoms in total. The van der Waals surface area contributed by atoms with Crippen LogP contribution in [0.25, 0.3) is 0 Å². The van der Waals surface area contributed by atoms with Crippen LogP contribution in [0.3, 0.4) is 0 Å². The van der Waals surface area contributed by atoms with E-state index in [-0.39, 0.29) is 12.0 Å². The molecule has 1 N–H and O–H groups in total. The van der Waals surface area contributed by atoms with Gasteiger partial charge in [0.25, 0.3) is 0 Å². The quantitative estimate of drug-likeness (QED) is 0.924. The molecule has 1 atom stereocenters. The van der Waals surface area contributed by atoms with Crippen LogP contribution in [0.2, 0.25) is 0 Å². The second-order valence-corrected chi connectivity index (χ2v) is 6.83. The molecular weight excluding hydrogens is 292 g/mol. The molecule has 1 unspecified atom stereocenters. The summed E-state index contributed by atoms with van der Waals surface area (Å²) in [6.07, 6.45) is 4.43. The van der Waals surface area contributed by atoms with E-state index in [4.69, 9.17) is 4.74 Å². The molecule has 3 heteroatoms. The Hall–Kier alpha value is -0.540. The number of hydrogen-bond donors (Lipinski definition) is 1. The van der Waals surface area contributed by atoms with Crippen LogP contribution in [0.1, 0.15) is 30.9 Å². The third kappa shape index (κ3) is 2.19. The number of hydrogen-bond acceptors (Lipinski definition) is 2. The van der Waals surface area contributed by atoms with E-state index in [0.29, 0.717) is 5.92 Å². The summed E-state index contributed by atoms with van der Waals surface area (Å²) in [6.45, 7) is 3.25. The van der Waals surface area contributed by atoms with Crippen molar-refractivity contribution >= 4 is 15.9 Å². The van der Waals surface area contributed by atoms with Gasteiger partial charge in [-0.3, -0.25) is 0 Å². The zero-order valence-corrected chi connectivity index (χ0v) is 12.3. The first kappa shape index (κ1) is 12.5. The minimum Gasteiger partial charge on any atom is -0.493 e. The molecule has 1 saturated carbocycles. The molecule has 2 aliphatic rings. The molecule has 18 heavy (non-hydrogen) atoms. The van der Waals surface area contributed by atoms with Crippen LogP contribution in [0.4, 0.5) is 0 Å². The molecule has 0 aromatic heterocycles. The van der Waals surface area contributed by atoms with Gasteiger partial charge in [0.05, 0.1) is 6.61 Å². The first-order valence-electron chi connectivity index (χ1n) is 6.67. The van der Waals surface area contributed by atoms with Crippen molar-refractivity contribution in [2.45, 2.75) is 32.6 Å². The Labute approximate surface area is 116 Å². The lowest BCUT2D eigenvalue weighted by atomic mass is 9.79. The number of benzene rings is 1. The summed E-state index contributed by atoms with van der Waals surface area (Å²) in [5, 5.41) is 9.72. The topological polar surface area (TPSA) is 29.5 Å². The minimum atomic E-state index is 0.0144. The van der Waals surface area contributed by atoms with E-state index in [1.165, 1.54) is 24.0 Å². The Morgan fingerprint density at radius 1 is 1.44 bits per heavy atom. The van der Waals surface area contributed by atoms with Crippen LogP contribution in [-0.4, -0.2) is 18.3 Å². The van der Waals surface area contributed by atoms with Gasteiger partial charge in [0.15, 0.2) is 0 Å². The molecule has 0 amide bonds. The first-order chi connectivity index (χ1) is 8.62. The summed E-state index contributed by atoms with van der Waals surface area (Å²) in [4.78, 5) is 0. The predicted octanol–water partition coefficient (Wildman–Crippen LogP) is 3.34. The zero-order valence-electron chi connectivity index (χ0n) is 10.7. The maximum atomic E-state index is 9.72. The van der Waals surface area contributed by atoms with E-state index in [2.05, 4.69) is 35.0 Å². The first-order valence-corrected chi connectivity index (χ1v) is 7.47. The smallest absolute Gasteiger partial charge is 0.125 e. The zero-order chi connectivity index (χ0) is 12.8. The highest BCUT2D eigenvalue weighted by Crippen LogP contribution is 2.48. The SMILES string of the molecule is CC(CO)(Cc1cc(Br)cc2c1OCC2)C1CC1. The minimum absolute atomic E-state index is 0.0144. The standard InChI is InChI=1S/C15H19BrO2/c1-15(9-17,12-2-3-12)8-11-7-13(16)6-10-4-5-18-14(10)11/h6-7,12,17H,2-5,8-9H2,1H3. The number of halogens is 1.